The largest absolute Gasteiger partial charge is 0.352 e. The van der Waals surface area contributed by atoms with Gasteiger partial charge in [0.25, 0.3) is 0 Å². The van der Waals surface area contributed by atoms with Crippen LogP contribution in [0.2, 0.25) is 0 Å². The Morgan fingerprint density at radius 3 is 2.08 bits per heavy atom. The van der Waals surface area contributed by atoms with Crippen LogP contribution in [0.15, 0.2) is 29.2 Å². The standard InChI is InChI=1S/C17H28N4O4S/c1-5-21(6-2)26(24,25)14-9-7-13(8-10-14)19-16(22)15(11-12(3)4)20-17(18)23/h7-10,12,15H,5-6,11H2,1-4H3,(H,19,22)(H3,18,20,23)/t15-/m0/s1. The number of benzene rings is 1. The molecule has 9 heteroatoms. The van der Waals surface area contributed by atoms with E-state index in [9.17, 15) is 18.0 Å². The minimum atomic E-state index is -3.55. The van der Waals surface area contributed by atoms with Crippen LogP contribution in [-0.4, -0.2) is 43.8 Å². The van der Waals surface area contributed by atoms with Crippen LogP contribution in [0.1, 0.15) is 34.1 Å². The van der Waals surface area contributed by atoms with Crippen molar-refractivity contribution in [3.63, 3.8) is 0 Å². The van der Waals surface area contributed by atoms with Crippen LogP contribution in [0.5, 0.6) is 0 Å². The van der Waals surface area contributed by atoms with Gasteiger partial charge in [0.05, 0.1) is 4.90 Å². The number of anilines is 1. The Labute approximate surface area is 155 Å². The summed E-state index contributed by atoms with van der Waals surface area (Å²) in [6.07, 6.45) is 0.434. The maximum atomic E-state index is 12.5. The average molecular weight is 385 g/mol. The van der Waals surface area contributed by atoms with Gasteiger partial charge in [-0.3, -0.25) is 4.79 Å². The molecule has 1 atom stereocenters. The Bertz CT molecular complexity index is 713. The highest BCUT2D eigenvalue weighted by atomic mass is 32.2. The van der Waals surface area contributed by atoms with Crippen molar-refractivity contribution in [1.82, 2.24) is 9.62 Å². The van der Waals surface area contributed by atoms with Gasteiger partial charge in [-0.05, 0) is 36.6 Å². The maximum Gasteiger partial charge on any atom is 0.312 e. The van der Waals surface area contributed by atoms with Crippen LogP contribution in [-0.2, 0) is 14.8 Å². The average Bonchev–Trinajstić information content (AvgIpc) is 2.54. The summed E-state index contributed by atoms with van der Waals surface area (Å²) in [6.45, 7) is 8.16. The topological polar surface area (TPSA) is 122 Å². The number of primary amides is 1. The molecule has 0 unspecified atom stereocenters. The Balaban J connectivity index is 2.91. The van der Waals surface area contributed by atoms with Gasteiger partial charge in [-0.2, -0.15) is 4.31 Å². The summed E-state index contributed by atoms with van der Waals surface area (Å²) in [5, 5.41) is 5.09. The normalized spacial score (nSPS) is 12.8. The van der Waals surface area contributed by atoms with Crippen molar-refractivity contribution in [2.45, 2.75) is 45.1 Å². The van der Waals surface area contributed by atoms with Crippen molar-refractivity contribution in [1.29, 1.82) is 0 Å². The number of hydrogen-bond acceptors (Lipinski definition) is 4. The molecule has 0 aromatic heterocycles. The molecule has 146 valence electrons. The number of hydrogen-bond donors (Lipinski definition) is 3. The Morgan fingerprint density at radius 1 is 1.12 bits per heavy atom. The van der Waals surface area contributed by atoms with Crippen LogP contribution in [0.25, 0.3) is 0 Å². The third-order valence-corrected chi connectivity index (χ3v) is 5.87. The van der Waals surface area contributed by atoms with E-state index in [2.05, 4.69) is 10.6 Å². The molecule has 0 aliphatic rings. The van der Waals surface area contributed by atoms with Crippen LogP contribution in [0.3, 0.4) is 0 Å². The number of urea groups is 1. The van der Waals surface area contributed by atoms with E-state index < -0.39 is 28.0 Å². The first kappa shape index (κ1) is 21.9. The maximum absolute atomic E-state index is 12.5. The van der Waals surface area contributed by atoms with Crippen LogP contribution in [0.4, 0.5) is 10.5 Å². The first-order chi connectivity index (χ1) is 12.1. The molecule has 1 aromatic carbocycles. The van der Waals surface area contributed by atoms with Crippen LogP contribution in [0, 0.1) is 5.92 Å². The lowest BCUT2D eigenvalue weighted by molar-refractivity contribution is -0.118. The summed E-state index contributed by atoms with van der Waals surface area (Å²) in [5.74, 6) is -0.226. The third kappa shape index (κ3) is 5.99. The highest BCUT2D eigenvalue weighted by molar-refractivity contribution is 7.89. The fourth-order valence-electron chi connectivity index (χ4n) is 2.53. The van der Waals surface area contributed by atoms with Gasteiger partial charge < -0.3 is 16.4 Å². The summed E-state index contributed by atoms with van der Waals surface area (Å²) in [5.41, 5.74) is 5.56. The second-order valence-electron chi connectivity index (χ2n) is 6.29. The van der Waals surface area contributed by atoms with Gasteiger partial charge in [0.15, 0.2) is 0 Å². The number of sulfonamides is 1. The van der Waals surface area contributed by atoms with E-state index in [-0.39, 0.29) is 10.8 Å². The third-order valence-electron chi connectivity index (χ3n) is 3.81. The van der Waals surface area contributed by atoms with E-state index in [1.54, 1.807) is 13.8 Å². The Morgan fingerprint density at radius 2 is 1.65 bits per heavy atom. The molecule has 1 rings (SSSR count). The summed E-state index contributed by atoms with van der Waals surface area (Å²) < 4.78 is 26.3. The molecule has 0 bridgehead atoms. The molecule has 0 radical (unpaired) electrons. The minimum Gasteiger partial charge on any atom is -0.352 e. The number of nitrogens with zero attached hydrogens (tertiary/aromatic N) is 1. The second kappa shape index (κ2) is 9.54. The van der Waals surface area contributed by atoms with Crippen molar-refractivity contribution >= 4 is 27.6 Å². The summed E-state index contributed by atoms with van der Waals surface area (Å²) in [6, 6.07) is 4.40. The van der Waals surface area contributed by atoms with Gasteiger partial charge in [0, 0.05) is 18.8 Å². The monoisotopic (exact) mass is 384 g/mol. The molecule has 0 fully saturated rings. The lowest BCUT2D eigenvalue weighted by Crippen LogP contribution is -2.46. The first-order valence-electron chi connectivity index (χ1n) is 8.58. The number of rotatable bonds is 9. The zero-order valence-corrected chi connectivity index (χ0v) is 16.5. The number of nitrogens with two attached hydrogens (primary N) is 1. The van der Waals surface area contributed by atoms with Gasteiger partial charge in [0.2, 0.25) is 15.9 Å². The van der Waals surface area contributed by atoms with E-state index in [0.717, 1.165) is 0 Å². The van der Waals surface area contributed by atoms with E-state index in [4.69, 9.17) is 5.73 Å². The fraction of sp³-hybridized carbons (Fsp3) is 0.529. The molecule has 0 heterocycles. The predicted octanol–water partition coefficient (Wildman–Crippen LogP) is 1.74. The summed E-state index contributed by atoms with van der Waals surface area (Å²) >= 11 is 0. The van der Waals surface area contributed by atoms with Gasteiger partial charge in [-0.1, -0.05) is 27.7 Å². The predicted molar refractivity (Wildman–Crippen MR) is 101 cm³/mol. The second-order valence-corrected chi connectivity index (χ2v) is 8.23. The molecule has 26 heavy (non-hydrogen) atoms. The molecule has 3 amide bonds. The number of nitrogens with one attached hydrogen (secondary N) is 2. The quantitative estimate of drug-likeness (QED) is 0.600. The highest BCUT2D eigenvalue weighted by Gasteiger charge is 2.23. The van der Waals surface area contributed by atoms with Crippen molar-refractivity contribution in [2.24, 2.45) is 11.7 Å². The lowest BCUT2D eigenvalue weighted by Gasteiger charge is -2.20. The molecule has 4 N–H and O–H groups in total. The van der Waals surface area contributed by atoms with E-state index in [0.29, 0.717) is 25.2 Å². The lowest BCUT2D eigenvalue weighted by atomic mass is 10.0. The Kier molecular flexibility index (Phi) is 8.04. The van der Waals surface area contributed by atoms with Gasteiger partial charge in [-0.15, -0.1) is 0 Å². The molecule has 0 saturated carbocycles. The zero-order chi connectivity index (χ0) is 19.9. The van der Waals surface area contributed by atoms with Gasteiger partial charge >= 0.3 is 6.03 Å². The van der Waals surface area contributed by atoms with Crippen molar-refractivity contribution in [3.8, 4) is 0 Å². The molecule has 0 aliphatic carbocycles. The number of carbonyl (C=O) groups excluding carboxylic acids is 2. The minimum absolute atomic E-state index is 0.160. The Hall–Kier alpha value is -2.13. The molecular formula is C17H28N4O4S. The zero-order valence-electron chi connectivity index (χ0n) is 15.7. The van der Waals surface area contributed by atoms with E-state index >= 15 is 0 Å². The van der Waals surface area contributed by atoms with Crippen LogP contribution < -0.4 is 16.4 Å². The van der Waals surface area contributed by atoms with Crippen molar-refractivity contribution in [2.75, 3.05) is 18.4 Å². The molecule has 0 spiro atoms. The smallest absolute Gasteiger partial charge is 0.312 e. The SMILES string of the molecule is CCN(CC)S(=O)(=O)c1ccc(NC(=O)[C@H](CC(C)C)NC(N)=O)cc1. The summed E-state index contributed by atoms with van der Waals surface area (Å²) in [7, 11) is -3.55. The van der Waals surface area contributed by atoms with Crippen molar-refractivity contribution < 1.29 is 18.0 Å². The molecule has 0 aliphatic heterocycles. The molecule has 0 saturated heterocycles. The summed E-state index contributed by atoms with van der Waals surface area (Å²) in [4.78, 5) is 23.6. The fourth-order valence-corrected chi connectivity index (χ4v) is 3.98. The van der Waals surface area contributed by atoms with Gasteiger partial charge in [0.1, 0.15) is 6.04 Å². The van der Waals surface area contributed by atoms with Gasteiger partial charge in [-0.25, -0.2) is 13.2 Å². The van der Waals surface area contributed by atoms with Crippen molar-refractivity contribution in [3.05, 3.63) is 24.3 Å². The number of amides is 3. The van der Waals surface area contributed by atoms with Crippen LogP contribution >= 0.6 is 0 Å². The highest BCUT2D eigenvalue weighted by Crippen LogP contribution is 2.18. The van der Waals surface area contributed by atoms with E-state index in [1.807, 2.05) is 13.8 Å². The molecule has 8 nitrogen and oxygen atoms in total. The van der Waals surface area contributed by atoms with E-state index in [1.165, 1.54) is 28.6 Å². The molecular weight excluding hydrogens is 356 g/mol. The first-order valence-corrected chi connectivity index (χ1v) is 10.0. The molecule has 1 aromatic rings. The number of carbonyl (C=O) groups is 2.